The third-order valence-electron chi connectivity index (χ3n) is 3.18. The minimum Gasteiger partial charge on any atom is -0.495 e. The Balaban J connectivity index is 3.19. The van der Waals surface area contributed by atoms with Gasteiger partial charge in [-0.3, -0.25) is 0 Å². The van der Waals surface area contributed by atoms with Gasteiger partial charge in [0.25, 0.3) is 0 Å². The molecule has 6 heteroatoms. The molecule has 0 bridgehead atoms. The van der Waals surface area contributed by atoms with Crippen molar-refractivity contribution in [2.24, 2.45) is 0 Å². The number of hydrogen-bond acceptors (Lipinski definition) is 4. The van der Waals surface area contributed by atoms with Crippen molar-refractivity contribution in [3.8, 4) is 5.75 Å². The van der Waals surface area contributed by atoms with Crippen LogP contribution in [0.4, 0.5) is 0 Å². The maximum Gasteiger partial charge on any atom is 0.244 e. The summed E-state index contributed by atoms with van der Waals surface area (Å²) >= 11 is 0. The molecule has 5 nitrogen and oxygen atoms in total. The molecule has 0 atom stereocenters. The number of ether oxygens (including phenoxy) is 1. The Labute approximate surface area is 128 Å². The van der Waals surface area contributed by atoms with Crippen molar-refractivity contribution in [1.29, 1.82) is 0 Å². The van der Waals surface area contributed by atoms with Crippen LogP contribution in [0.3, 0.4) is 0 Å². The number of rotatable bonds is 8. The molecule has 0 spiro atoms. The average molecular weight is 314 g/mol. The first-order chi connectivity index (χ1) is 9.75. The van der Waals surface area contributed by atoms with E-state index in [9.17, 15) is 8.42 Å². The Morgan fingerprint density at radius 2 is 1.95 bits per heavy atom. The Morgan fingerprint density at radius 3 is 2.48 bits per heavy atom. The Morgan fingerprint density at radius 1 is 1.29 bits per heavy atom. The first-order valence-electron chi connectivity index (χ1n) is 7.11. The van der Waals surface area contributed by atoms with Crippen LogP contribution in [0.5, 0.6) is 5.75 Å². The fourth-order valence-electron chi connectivity index (χ4n) is 2.34. The van der Waals surface area contributed by atoms with Crippen LogP contribution in [0.15, 0.2) is 23.1 Å². The third-order valence-corrected chi connectivity index (χ3v) is 4.90. The number of benzene rings is 1. The topological polar surface area (TPSA) is 67.4 Å². The highest BCUT2D eigenvalue weighted by Gasteiger charge is 2.28. The smallest absolute Gasteiger partial charge is 0.244 e. The van der Waals surface area contributed by atoms with Gasteiger partial charge in [0.05, 0.1) is 7.11 Å². The van der Waals surface area contributed by atoms with Crippen LogP contribution in [0, 0.1) is 0 Å². The molecular weight excluding hydrogens is 288 g/mol. The molecule has 0 unspecified atom stereocenters. The molecule has 21 heavy (non-hydrogen) atoms. The largest absolute Gasteiger partial charge is 0.495 e. The maximum absolute atomic E-state index is 12.6. The number of methoxy groups -OCH3 is 1. The highest BCUT2D eigenvalue weighted by atomic mass is 32.2. The van der Waals surface area contributed by atoms with Crippen molar-refractivity contribution < 1.29 is 13.2 Å². The minimum atomic E-state index is -3.63. The van der Waals surface area contributed by atoms with Crippen molar-refractivity contribution in [3.63, 3.8) is 0 Å². The van der Waals surface area contributed by atoms with Crippen molar-refractivity contribution in [2.45, 2.75) is 50.6 Å². The molecule has 1 rings (SSSR count). The van der Waals surface area contributed by atoms with Crippen LogP contribution in [0.2, 0.25) is 0 Å². The summed E-state index contributed by atoms with van der Waals surface area (Å²) in [5.41, 5.74) is 0.407. The summed E-state index contributed by atoms with van der Waals surface area (Å²) in [5.74, 6) is 0.356. The zero-order valence-electron chi connectivity index (χ0n) is 13.5. The third kappa shape index (κ3) is 4.98. The van der Waals surface area contributed by atoms with E-state index in [1.54, 1.807) is 12.1 Å². The van der Waals surface area contributed by atoms with E-state index in [0.717, 1.165) is 18.4 Å². The van der Waals surface area contributed by atoms with Crippen LogP contribution in [0.25, 0.3) is 0 Å². The van der Waals surface area contributed by atoms with Gasteiger partial charge >= 0.3 is 0 Å². The summed E-state index contributed by atoms with van der Waals surface area (Å²) in [6.45, 7) is 6.41. The fourth-order valence-corrected chi connectivity index (χ4v) is 4.00. The molecule has 0 radical (unpaired) electrons. The molecule has 0 fully saturated rings. The van der Waals surface area contributed by atoms with Crippen molar-refractivity contribution in [3.05, 3.63) is 23.8 Å². The predicted octanol–water partition coefficient (Wildman–Crippen LogP) is 2.27. The predicted molar refractivity (Wildman–Crippen MR) is 85.1 cm³/mol. The SMILES string of the molecule is CCCC(C)(C)NS(=O)(=O)c1cc(CNC)ccc1OC. The van der Waals surface area contributed by atoms with Gasteiger partial charge in [0.2, 0.25) is 10.0 Å². The van der Waals surface area contributed by atoms with E-state index >= 15 is 0 Å². The van der Waals surface area contributed by atoms with Crippen molar-refractivity contribution in [2.75, 3.05) is 14.2 Å². The molecule has 0 saturated heterocycles. The van der Waals surface area contributed by atoms with Gasteiger partial charge in [-0.05, 0) is 45.0 Å². The van der Waals surface area contributed by atoms with E-state index in [1.165, 1.54) is 7.11 Å². The van der Waals surface area contributed by atoms with Gasteiger partial charge in [0.15, 0.2) is 0 Å². The second-order valence-corrected chi connectivity index (χ2v) is 7.41. The van der Waals surface area contributed by atoms with Crippen LogP contribution < -0.4 is 14.8 Å². The van der Waals surface area contributed by atoms with Gasteiger partial charge in [-0.15, -0.1) is 0 Å². The zero-order valence-corrected chi connectivity index (χ0v) is 14.3. The molecule has 2 N–H and O–H groups in total. The molecule has 0 amide bonds. The zero-order chi connectivity index (χ0) is 16.1. The van der Waals surface area contributed by atoms with E-state index in [4.69, 9.17) is 4.74 Å². The highest BCUT2D eigenvalue weighted by Crippen LogP contribution is 2.26. The van der Waals surface area contributed by atoms with E-state index in [-0.39, 0.29) is 4.90 Å². The molecule has 0 aromatic heterocycles. The second kappa shape index (κ2) is 7.24. The van der Waals surface area contributed by atoms with Crippen molar-refractivity contribution in [1.82, 2.24) is 10.0 Å². The normalized spacial score (nSPS) is 12.4. The summed E-state index contributed by atoms with van der Waals surface area (Å²) in [6, 6.07) is 5.19. The molecule has 1 aromatic carbocycles. The lowest BCUT2D eigenvalue weighted by atomic mass is 10.0. The van der Waals surface area contributed by atoms with E-state index < -0.39 is 15.6 Å². The average Bonchev–Trinajstić information content (AvgIpc) is 2.37. The van der Waals surface area contributed by atoms with Crippen LogP contribution in [0.1, 0.15) is 39.2 Å². The quantitative estimate of drug-likeness (QED) is 0.772. The van der Waals surface area contributed by atoms with E-state index in [2.05, 4.69) is 10.0 Å². The summed E-state index contributed by atoms with van der Waals surface area (Å²) in [5, 5.41) is 3.01. The molecular formula is C15H26N2O3S. The van der Waals surface area contributed by atoms with Gasteiger partial charge in [-0.25, -0.2) is 13.1 Å². The van der Waals surface area contributed by atoms with Crippen LogP contribution >= 0.6 is 0 Å². The van der Waals surface area contributed by atoms with E-state index in [1.807, 2.05) is 33.9 Å². The second-order valence-electron chi connectivity index (χ2n) is 5.75. The van der Waals surface area contributed by atoms with Crippen molar-refractivity contribution >= 4 is 10.0 Å². The number of nitrogens with one attached hydrogen (secondary N) is 2. The molecule has 0 heterocycles. The van der Waals surface area contributed by atoms with Gasteiger partial charge in [0, 0.05) is 12.1 Å². The molecule has 120 valence electrons. The monoisotopic (exact) mass is 314 g/mol. The first-order valence-corrected chi connectivity index (χ1v) is 8.59. The molecule has 0 aliphatic heterocycles. The van der Waals surface area contributed by atoms with Gasteiger partial charge < -0.3 is 10.1 Å². The summed E-state index contributed by atoms with van der Waals surface area (Å²) < 4.78 is 33.3. The Hall–Kier alpha value is -1.11. The highest BCUT2D eigenvalue weighted by molar-refractivity contribution is 7.89. The lowest BCUT2D eigenvalue weighted by Gasteiger charge is -2.26. The minimum absolute atomic E-state index is 0.182. The van der Waals surface area contributed by atoms with Crippen LogP contribution in [-0.4, -0.2) is 28.1 Å². The standard InChI is InChI=1S/C15H26N2O3S/c1-6-9-15(2,3)17-21(18,19)14-10-12(11-16-4)7-8-13(14)20-5/h7-8,10,16-17H,6,9,11H2,1-5H3. The lowest BCUT2D eigenvalue weighted by Crippen LogP contribution is -2.43. The fraction of sp³-hybridized carbons (Fsp3) is 0.600. The maximum atomic E-state index is 12.6. The summed E-state index contributed by atoms with van der Waals surface area (Å²) in [6.07, 6.45) is 1.68. The molecule has 1 aromatic rings. The molecule has 0 aliphatic carbocycles. The van der Waals surface area contributed by atoms with Gasteiger partial charge in [-0.2, -0.15) is 0 Å². The Bertz CT molecular complexity index is 568. The van der Waals surface area contributed by atoms with Gasteiger partial charge in [-0.1, -0.05) is 19.4 Å². The molecule has 0 saturated carbocycles. The number of hydrogen-bond donors (Lipinski definition) is 2. The number of sulfonamides is 1. The lowest BCUT2D eigenvalue weighted by molar-refractivity contribution is 0.396. The molecule has 0 aliphatic rings. The van der Waals surface area contributed by atoms with Crippen LogP contribution in [-0.2, 0) is 16.6 Å². The van der Waals surface area contributed by atoms with Gasteiger partial charge in [0.1, 0.15) is 10.6 Å². The Kier molecular flexibility index (Phi) is 6.19. The van der Waals surface area contributed by atoms with E-state index in [0.29, 0.717) is 12.3 Å². The summed E-state index contributed by atoms with van der Waals surface area (Å²) in [7, 11) is -0.331. The first kappa shape index (κ1) is 17.9. The summed E-state index contributed by atoms with van der Waals surface area (Å²) in [4.78, 5) is 0.182.